The van der Waals surface area contributed by atoms with E-state index in [4.69, 9.17) is 4.42 Å². The molecule has 5 heteroatoms. The van der Waals surface area contributed by atoms with Gasteiger partial charge in [-0.2, -0.15) is 0 Å². The number of rotatable bonds is 0. The number of hydrogen-bond acceptors (Lipinski definition) is 2. The van der Waals surface area contributed by atoms with Gasteiger partial charge in [0, 0.05) is 27.9 Å². The third-order valence-electron chi connectivity index (χ3n) is 4.25. The topological polar surface area (TPSA) is 53.7 Å². The molecule has 2 atom stereocenters. The Hall–Kier alpha value is -1.49. The molecule has 1 aromatic carbocycles. The van der Waals surface area contributed by atoms with Crippen LogP contribution >= 0.6 is 15.9 Å². The van der Waals surface area contributed by atoms with Crippen LogP contribution in [-0.2, 0) is 6.42 Å². The summed E-state index contributed by atoms with van der Waals surface area (Å²) in [5.74, 6) is 0.970. The van der Waals surface area contributed by atoms with Crippen LogP contribution in [0, 0.1) is 0 Å². The maximum absolute atomic E-state index is 11.4. The molecule has 0 saturated carbocycles. The van der Waals surface area contributed by atoms with E-state index >= 15 is 0 Å². The Morgan fingerprint density at radius 1 is 1.42 bits per heavy atom. The maximum atomic E-state index is 11.4. The first-order valence-corrected chi connectivity index (χ1v) is 7.16. The Morgan fingerprint density at radius 3 is 3.05 bits per heavy atom. The molecule has 1 N–H and O–H groups in total. The number of fused-ring (bicyclic) bond motifs is 6. The highest BCUT2D eigenvalue weighted by Crippen LogP contribution is 2.47. The Morgan fingerprint density at radius 2 is 2.26 bits per heavy atom. The van der Waals surface area contributed by atoms with Crippen molar-refractivity contribution in [2.24, 2.45) is 0 Å². The van der Waals surface area contributed by atoms with Gasteiger partial charge in [0.25, 0.3) is 0 Å². The van der Waals surface area contributed by atoms with Crippen LogP contribution in [0.2, 0.25) is 0 Å². The second kappa shape index (κ2) is 3.76. The Bertz CT molecular complexity index is 693. The fourth-order valence-electron chi connectivity index (χ4n) is 3.53. The summed E-state index contributed by atoms with van der Waals surface area (Å²) < 4.78 is 6.91. The molecule has 1 aromatic heterocycles. The van der Waals surface area contributed by atoms with Crippen molar-refractivity contribution in [3.63, 3.8) is 0 Å². The van der Waals surface area contributed by atoms with Gasteiger partial charge in [-0.3, -0.25) is 4.90 Å². The van der Waals surface area contributed by atoms with Crippen molar-refractivity contribution in [1.29, 1.82) is 0 Å². The van der Waals surface area contributed by atoms with Crippen molar-refractivity contribution in [3.8, 4) is 0 Å². The Balaban J connectivity index is 1.95. The van der Waals surface area contributed by atoms with Crippen molar-refractivity contribution < 1.29 is 14.3 Å². The Labute approximate surface area is 118 Å². The average molecular weight is 322 g/mol. The van der Waals surface area contributed by atoms with E-state index < -0.39 is 6.09 Å². The summed E-state index contributed by atoms with van der Waals surface area (Å²) in [7, 11) is 0. The number of furan rings is 1. The quantitative estimate of drug-likeness (QED) is 0.799. The molecule has 98 valence electrons. The second-order valence-electron chi connectivity index (χ2n) is 5.22. The minimum atomic E-state index is -0.815. The monoisotopic (exact) mass is 321 g/mol. The molecule has 4 rings (SSSR count). The second-order valence-corrected chi connectivity index (χ2v) is 6.14. The smallest absolute Gasteiger partial charge is 0.408 e. The molecule has 4 nitrogen and oxygen atoms in total. The zero-order chi connectivity index (χ0) is 13.1. The highest BCUT2D eigenvalue weighted by molar-refractivity contribution is 9.10. The molecule has 3 heterocycles. The summed E-state index contributed by atoms with van der Waals surface area (Å²) in [6, 6.07) is 5.99. The van der Waals surface area contributed by atoms with Crippen molar-refractivity contribution in [3.05, 3.63) is 34.0 Å². The SMILES string of the molecule is O=C(O)N1C2CCC1c1c(oc3cc(Br)ccc13)C2. The zero-order valence-electron chi connectivity index (χ0n) is 10.1. The third-order valence-corrected chi connectivity index (χ3v) is 4.74. The first kappa shape index (κ1) is 11.3. The molecule has 1 amide bonds. The lowest BCUT2D eigenvalue weighted by atomic mass is 9.98. The van der Waals surface area contributed by atoms with Gasteiger partial charge in [-0.15, -0.1) is 0 Å². The van der Waals surface area contributed by atoms with Crippen molar-refractivity contribution in [1.82, 2.24) is 4.90 Å². The van der Waals surface area contributed by atoms with Crippen molar-refractivity contribution >= 4 is 33.0 Å². The number of amides is 1. The molecule has 1 saturated heterocycles. The van der Waals surface area contributed by atoms with Crippen LogP contribution < -0.4 is 0 Å². The molecule has 1 fully saturated rings. The minimum Gasteiger partial charge on any atom is -0.465 e. The lowest BCUT2D eigenvalue weighted by Crippen LogP contribution is -2.40. The summed E-state index contributed by atoms with van der Waals surface area (Å²) in [4.78, 5) is 13.0. The largest absolute Gasteiger partial charge is 0.465 e. The van der Waals surface area contributed by atoms with Crippen LogP contribution in [0.3, 0.4) is 0 Å². The van der Waals surface area contributed by atoms with Crippen LogP contribution in [0.4, 0.5) is 4.79 Å². The predicted molar refractivity (Wildman–Crippen MR) is 73.2 cm³/mol. The van der Waals surface area contributed by atoms with Gasteiger partial charge in [-0.05, 0) is 31.0 Å². The van der Waals surface area contributed by atoms with E-state index in [0.717, 1.165) is 39.6 Å². The van der Waals surface area contributed by atoms with E-state index in [1.165, 1.54) is 0 Å². The number of nitrogens with zero attached hydrogens (tertiary/aromatic N) is 1. The van der Waals surface area contributed by atoms with Crippen LogP contribution in [0.5, 0.6) is 0 Å². The molecule has 0 radical (unpaired) electrons. The molecule has 2 aliphatic heterocycles. The molecule has 2 unspecified atom stereocenters. The molecular weight excluding hydrogens is 310 g/mol. The fraction of sp³-hybridized carbons (Fsp3) is 0.357. The number of benzene rings is 1. The van der Waals surface area contributed by atoms with Crippen LogP contribution in [0.1, 0.15) is 30.2 Å². The van der Waals surface area contributed by atoms with Gasteiger partial charge in [-0.1, -0.05) is 15.9 Å². The highest BCUT2D eigenvalue weighted by atomic mass is 79.9. The summed E-state index contributed by atoms with van der Waals surface area (Å²) in [6.07, 6.45) is 1.71. The Kier molecular flexibility index (Phi) is 2.24. The normalized spacial score (nSPS) is 24.8. The van der Waals surface area contributed by atoms with Crippen LogP contribution in [0.25, 0.3) is 11.0 Å². The number of carbonyl (C=O) groups is 1. The lowest BCUT2D eigenvalue weighted by molar-refractivity contribution is 0.114. The van der Waals surface area contributed by atoms with E-state index in [9.17, 15) is 9.90 Å². The van der Waals surface area contributed by atoms with Gasteiger partial charge in [0.1, 0.15) is 11.3 Å². The first-order valence-electron chi connectivity index (χ1n) is 6.37. The van der Waals surface area contributed by atoms with E-state index in [-0.39, 0.29) is 12.1 Å². The molecule has 19 heavy (non-hydrogen) atoms. The molecule has 0 spiro atoms. The van der Waals surface area contributed by atoms with Crippen LogP contribution in [-0.4, -0.2) is 22.1 Å². The first-order chi connectivity index (χ1) is 9.15. The van der Waals surface area contributed by atoms with E-state index in [1.807, 2.05) is 18.2 Å². The van der Waals surface area contributed by atoms with Crippen LogP contribution in [0.15, 0.2) is 27.1 Å². The minimum absolute atomic E-state index is 0.0336. The predicted octanol–water partition coefficient (Wildman–Crippen LogP) is 3.93. The average Bonchev–Trinajstić information content (AvgIpc) is 2.86. The molecule has 2 bridgehead atoms. The summed E-state index contributed by atoms with van der Waals surface area (Å²) in [5, 5.41) is 10.4. The van der Waals surface area contributed by atoms with E-state index in [1.54, 1.807) is 4.90 Å². The summed E-state index contributed by atoms with van der Waals surface area (Å²) in [5.41, 5.74) is 1.93. The van der Waals surface area contributed by atoms with E-state index in [0.29, 0.717) is 6.42 Å². The van der Waals surface area contributed by atoms with Gasteiger partial charge in [-0.25, -0.2) is 4.79 Å². The standard InChI is InChI=1S/C14H12BrNO3/c15-7-1-3-9-11(5-7)19-12-6-8-2-4-10(13(9)12)16(8)14(17)18/h1,3,5,8,10H,2,4,6H2,(H,17,18). The van der Waals surface area contributed by atoms with Gasteiger partial charge in [0.15, 0.2) is 0 Å². The van der Waals surface area contributed by atoms with Crippen molar-refractivity contribution in [2.45, 2.75) is 31.3 Å². The third kappa shape index (κ3) is 1.48. The zero-order valence-corrected chi connectivity index (χ0v) is 11.7. The fourth-order valence-corrected chi connectivity index (χ4v) is 3.87. The van der Waals surface area contributed by atoms with Gasteiger partial charge in [0.05, 0.1) is 6.04 Å². The highest BCUT2D eigenvalue weighted by Gasteiger charge is 2.45. The van der Waals surface area contributed by atoms with Gasteiger partial charge >= 0.3 is 6.09 Å². The number of hydrogen-bond donors (Lipinski definition) is 1. The molecular formula is C14H12BrNO3. The maximum Gasteiger partial charge on any atom is 0.408 e. The number of halogens is 1. The van der Waals surface area contributed by atoms with Gasteiger partial charge < -0.3 is 9.52 Å². The lowest BCUT2D eigenvalue weighted by Gasteiger charge is -2.31. The van der Waals surface area contributed by atoms with Gasteiger partial charge in [0.2, 0.25) is 0 Å². The van der Waals surface area contributed by atoms with E-state index in [2.05, 4.69) is 15.9 Å². The molecule has 0 aliphatic carbocycles. The molecule has 2 aliphatic rings. The summed E-state index contributed by atoms with van der Waals surface area (Å²) in [6.45, 7) is 0. The number of carboxylic acid groups (broad SMARTS) is 1. The van der Waals surface area contributed by atoms with Crippen molar-refractivity contribution in [2.75, 3.05) is 0 Å². The summed E-state index contributed by atoms with van der Waals surface area (Å²) >= 11 is 3.44. The molecule has 2 aromatic rings.